The van der Waals surface area contributed by atoms with E-state index >= 15 is 0 Å². The van der Waals surface area contributed by atoms with Crippen molar-refractivity contribution in [1.29, 1.82) is 0 Å². The topological polar surface area (TPSA) is 116 Å². The van der Waals surface area contributed by atoms with Gasteiger partial charge in [0.15, 0.2) is 11.9 Å². The summed E-state index contributed by atoms with van der Waals surface area (Å²) < 4.78 is 45.2. The highest BCUT2D eigenvalue weighted by atomic mass is 19.1. The number of benzene rings is 1. The minimum absolute atomic E-state index is 0.0141. The number of hydrogen-bond acceptors (Lipinski definition) is 7. The molecule has 12 heteroatoms. The van der Waals surface area contributed by atoms with Crippen molar-refractivity contribution in [2.75, 3.05) is 13.4 Å². The van der Waals surface area contributed by atoms with Gasteiger partial charge in [0.1, 0.15) is 17.2 Å². The zero-order valence-corrected chi connectivity index (χ0v) is 22.2. The summed E-state index contributed by atoms with van der Waals surface area (Å²) >= 11 is 0. The number of esters is 1. The maximum absolute atomic E-state index is 14.0. The van der Waals surface area contributed by atoms with Gasteiger partial charge >= 0.3 is 5.97 Å². The van der Waals surface area contributed by atoms with Gasteiger partial charge in [-0.1, -0.05) is 19.9 Å². The second-order valence-corrected chi connectivity index (χ2v) is 9.93. The third-order valence-corrected chi connectivity index (χ3v) is 7.49. The lowest BCUT2D eigenvalue weighted by Gasteiger charge is -2.34. The molecule has 1 fully saturated rings. The number of aromatic nitrogens is 1. The summed E-state index contributed by atoms with van der Waals surface area (Å²) in [6, 6.07) is 2.66. The fourth-order valence-electron chi connectivity index (χ4n) is 4.55. The smallest absolute Gasteiger partial charge is 0.314 e. The largest absolute Gasteiger partial charge is 0.451 e. The van der Waals surface area contributed by atoms with Crippen LogP contribution in [0.5, 0.6) is 5.75 Å². The second kappa shape index (κ2) is 11.1. The van der Waals surface area contributed by atoms with E-state index in [0.29, 0.717) is 25.5 Å². The summed E-state index contributed by atoms with van der Waals surface area (Å²) in [4.78, 5) is 54.0. The Kier molecular flexibility index (Phi) is 8.05. The molecule has 0 radical (unpaired) electrons. The monoisotopic (exact) mass is 547 g/mol. The Morgan fingerprint density at radius 3 is 2.59 bits per heavy atom. The molecule has 1 N–H and O–H groups in total. The van der Waals surface area contributed by atoms with Gasteiger partial charge < -0.3 is 29.0 Å². The standard InChI is InChI=1S/C27H31F2N3O7/c1-5-27(4,6-2)26(36)39-14-38-23-21-25(35)32-15(3)13-37-20(32)12-31(21)11-18(22(23)33)24(34)30-10-16-7-8-17(28)9-19(16)29/h7-9,11,15,20H,5-6,10,12-14H2,1-4H3,(H,30,34). The molecular formula is C27H31F2N3O7. The number of fused-ring (bicyclic) bond motifs is 2. The number of amides is 2. The van der Waals surface area contributed by atoms with Crippen molar-refractivity contribution in [2.24, 2.45) is 5.41 Å². The first-order valence-electron chi connectivity index (χ1n) is 12.7. The van der Waals surface area contributed by atoms with Crippen molar-refractivity contribution in [2.45, 2.75) is 65.9 Å². The number of carbonyl (C=O) groups is 3. The van der Waals surface area contributed by atoms with E-state index in [0.717, 1.165) is 6.07 Å². The Morgan fingerprint density at radius 1 is 1.21 bits per heavy atom. The third kappa shape index (κ3) is 5.38. The van der Waals surface area contributed by atoms with Crippen LogP contribution in [0.2, 0.25) is 0 Å². The van der Waals surface area contributed by atoms with Gasteiger partial charge in [-0.15, -0.1) is 0 Å². The predicted octanol–water partition coefficient (Wildman–Crippen LogP) is 2.96. The number of rotatable bonds is 9. The summed E-state index contributed by atoms with van der Waals surface area (Å²) in [5.41, 5.74) is -2.11. The fourth-order valence-corrected chi connectivity index (χ4v) is 4.55. The zero-order chi connectivity index (χ0) is 28.5. The Morgan fingerprint density at radius 2 is 1.92 bits per heavy atom. The van der Waals surface area contributed by atoms with Crippen molar-refractivity contribution in [3.05, 3.63) is 63.1 Å². The van der Waals surface area contributed by atoms with Gasteiger partial charge in [0.2, 0.25) is 18.0 Å². The minimum Gasteiger partial charge on any atom is -0.451 e. The zero-order valence-electron chi connectivity index (χ0n) is 22.2. The second-order valence-electron chi connectivity index (χ2n) is 9.93. The van der Waals surface area contributed by atoms with Crippen LogP contribution in [0.25, 0.3) is 0 Å². The van der Waals surface area contributed by atoms with E-state index < -0.39 is 59.0 Å². The van der Waals surface area contributed by atoms with Crippen molar-refractivity contribution in [3.8, 4) is 5.75 Å². The first kappa shape index (κ1) is 28.2. The summed E-state index contributed by atoms with van der Waals surface area (Å²) in [6.45, 7) is 6.71. The highest BCUT2D eigenvalue weighted by Gasteiger charge is 2.43. The Bertz CT molecular complexity index is 1360. The molecule has 2 aliphatic rings. The molecule has 4 rings (SSSR count). The number of carbonyl (C=O) groups excluding carboxylic acids is 3. The first-order valence-corrected chi connectivity index (χ1v) is 12.7. The number of hydrogen-bond donors (Lipinski definition) is 1. The molecular weight excluding hydrogens is 516 g/mol. The molecule has 10 nitrogen and oxygen atoms in total. The number of ether oxygens (including phenoxy) is 3. The van der Waals surface area contributed by atoms with Gasteiger partial charge in [-0.3, -0.25) is 19.2 Å². The SMILES string of the molecule is CCC(C)(CC)C(=O)OCOc1c2n(cc(C(=O)NCc3ccc(F)cc3F)c1=O)CC1OCC(C)N1C2=O. The Labute approximate surface area is 223 Å². The molecule has 210 valence electrons. The molecule has 0 saturated carbocycles. The molecule has 1 saturated heterocycles. The van der Waals surface area contributed by atoms with Crippen molar-refractivity contribution >= 4 is 17.8 Å². The van der Waals surface area contributed by atoms with Gasteiger partial charge in [-0.2, -0.15) is 0 Å². The van der Waals surface area contributed by atoms with Gasteiger partial charge in [-0.05, 0) is 32.8 Å². The quantitative estimate of drug-likeness (QED) is 0.379. The lowest BCUT2D eigenvalue weighted by Crippen LogP contribution is -2.49. The van der Waals surface area contributed by atoms with E-state index in [-0.39, 0.29) is 36.0 Å². The van der Waals surface area contributed by atoms with Gasteiger partial charge in [-0.25, -0.2) is 8.78 Å². The summed E-state index contributed by atoms with van der Waals surface area (Å²) in [5, 5.41) is 2.44. The third-order valence-electron chi connectivity index (χ3n) is 7.49. The van der Waals surface area contributed by atoms with Crippen LogP contribution in [0.3, 0.4) is 0 Å². The molecule has 1 aromatic carbocycles. The molecule has 2 unspecified atom stereocenters. The van der Waals surface area contributed by atoms with Crippen LogP contribution in [0.1, 0.15) is 66.9 Å². The predicted molar refractivity (Wildman–Crippen MR) is 134 cm³/mol. The molecule has 0 bridgehead atoms. The van der Waals surface area contributed by atoms with Crippen LogP contribution in [0.4, 0.5) is 8.78 Å². The lowest BCUT2D eigenvalue weighted by molar-refractivity contribution is -0.162. The van der Waals surface area contributed by atoms with E-state index in [1.165, 1.54) is 21.7 Å². The van der Waals surface area contributed by atoms with E-state index in [1.807, 2.05) is 13.8 Å². The molecule has 1 aromatic heterocycles. The highest BCUT2D eigenvalue weighted by Crippen LogP contribution is 2.31. The molecule has 39 heavy (non-hydrogen) atoms. The maximum atomic E-state index is 14.0. The van der Waals surface area contributed by atoms with Crippen LogP contribution in [0.15, 0.2) is 29.2 Å². The maximum Gasteiger partial charge on any atom is 0.314 e. The summed E-state index contributed by atoms with van der Waals surface area (Å²) in [7, 11) is 0. The molecule has 2 aromatic rings. The minimum atomic E-state index is -0.900. The number of halogens is 2. The molecule has 2 aliphatic heterocycles. The normalized spacial score (nSPS) is 18.4. The van der Waals surface area contributed by atoms with Gasteiger partial charge in [0, 0.05) is 24.4 Å². The van der Waals surface area contributed by atoms with Crippen LogP contribution in [0, 0.1) is 17.0 Å². The number of nitrogens with zero attached hydrogens (tertiary/aromatic N) is 2. The van der Waals surface area contributed by atoms with E-state index in [2.05, 4.69) is 5.32 Å². The van der Waals surface area contributed by atoms with Crippen molar-refractivity contribution in [1.82, 2.24) is 14.8 Å². The lowest BCUT2D eigenvalue weighted by atomic mass is 9.85. The molecule has 2 amide bonds. The number of pyridine rings is 1. The van der Waals surface area contributed by atoms with E-state index in [1.54, 1.807) is 13.8 Å². The average Bonchev–Trinajstić information content (AvgIpc) is 3.28. The van der Waals surface area contributed by atoms with Crippen LogP contribution >= 0.6 is 0 Å². The Balaban J connectivity index is 1.65. The summed E-state index contributed by atoms with van der Waals surface area (Å²) in [5.74, 6) is -3.97. The van der Waals surface area contributed by atoms with Crippen LogP contribution in [-0.4, -0.2) is 52.9 Å². The first-order chi connectivity index (χ1) is 18.5. The van der Waals surface area contributed by atoms with Gasteiger partial charge in [0.25, 0.3) is 11.8 Å². The molecule has 3 heterocycles. The number of nitrogens with one attached hydrogen (secondary N) is 1. The summed E-state index contributed by atoms with van der Waals surface area (Å²) in [6.07, 6.45) is 1.67. The van der Waals surface area contributed by atoms with Crippen LogP contribution in [-0.2, 0) is 27.4 Å². The van der Waals surface area contributed by atoms with Gasteiger partial charge in [0.05, 0.1) is 24.6 Å². The van der Waals surface area contributed by atoms with E-state index in [4.69, 9.17) is 14.2 Å². The highest BCUT2D eigenvalue weighted by molar-refractivity contribution is 5.99. The molecule has 0 spiro atoms. The van der Waals surface area contributed by atoms with E-state index in [9.17, 15) is 28.0 Å². The molecule has 0 aliphatic carbocycles. The van der Waals surface area contributed by atoms with Crippen LogP contribution < -0.4 is 15.5 Å². The van der Waals surface area contributed by atoms with Crippen molar-refractivity contribution < 1.29 is 37.4 Å². The Hall–Kier alpha value is -3.80. The average molecular weight is 548 g/mol. The molecule has 2 atom stereocenters. The fraction of sp³-hybridized carbons (Fsp3) is 0.481. The van der Waals surface area contributed by atoms with Crippen molar-refractivity contribution in [3.63, 3.8) is 0 Å².